The summed E-state index contributed by atoms with van der Waals surface area (Å²) in [5.74, 6) is 0.641. The van der Waals surface area contributed by atoms with Crippen LogP contribution in [0.2, 0.25) is 0 Å². The number of aliphatic hydroxyl groups is 1. The highest BCUT2D eigenvalue weighted by molar-refractivity contribution is 9.10. The van der Waals surface area contributed by atoms with Gasteiger partial charge in [0.15, 0.2) is 0 Å². The van der Waals surface area contributed by atoms with Gasteiger partial charge in [-0.1, -0.05) is 34.1 Å². The van der Waals surface area contributed by atoms with Crippen LogP contribution in [0.3, 0.4) is 0 Å². The first-order valence-corrected chi connectivity index (χ1v) is 7.48. The molecule has 1 atom stereocenters. The molecule has 1 fully saturated rings. The van der Waals surface area contributed by atoms with Gasteiger partial charge in [-0.25, -0.2) is 0 Å². The minimum Gasteiger partial charge on any atom is -0.393 e. The maximum Gasteiger partial charge on any atom is 0.0540 e. The Morgan fingerprint density at radius 1 is 1.17 bits per heavy atom. The molecule has 0 heterocycles. The van der Waals surface area contributed by atoms with Gasteiger partial charge in [0.05, 0.1) is 6.10 Å². The minimum absolute atomic E-state index is 0.0803. The van der Waals surface area contributed by atoms with Gasteiger partial charge in [0.25, 0.3) is 0 Å². The van der Waals surface area contributed by atoms with E-state index in [-0.39, 0.29) is 6.10 Å². The van der Waals surface area contributed by atoms with Crippen molar-refractivity contribution in [3.63, 3.8) is 0 Å². The third-order valence-electron chi connectivity index (χ3n) is 3.97. The minimum atomic E-state index is -0.0803. The zero-order valence-corrected chi connectivity index (χ0v) is 12.7. The Morgan fingerprint density at radius 2 is 1.78 bits per heavy atom. The van der Waals surface area contributed by atoms with Crippen molar-refractivity contribution < 1.29 is 5.11 Å². The summed E-state index contributed by atoms with van der Waals surface area (Å²) in [7, 11) is 4.30. The molecule has 1 aromatic rings. The molecule has 2 nitrogen and oxygen atoms in total. The fourth-order valence-electron chi connectivity index (χ4n) is 3.09. The molecule has 18 heavy (non-hydrogen) atoms. The lowest BCUT2D eigenvalue weighted by molar-refractivity contribution is 0.0777. The molecule has 0 aromatic heterocycles. The van der Waals surface area contributed by atoms with Crippen molar-refractivity contribution in [3.8, 4) is 0 Å². The first-order valence-electron chi connectivity index (χ1n) is 6.68. The monoisotopic (exact) mass is 311 g/mol. The van der Waals surface area contributed by atoms with Crippen LogP contribution in [0.4, 0.5) is 0 Å². The first kappa shape index (κ1) is 14.0. The average molecular weight is 312 g/mol. The second-order valence-corrected chi connectivity index (χ2v) is 6.35. The van der Waals surface area contributed by atoms with E-state index in [0.717, 1.165) is 25.7 Å². The van der Waals surface area contributed by atoms with E-state index < -0.39 is 0 Å². The zero-order valence-electron chi connectivity index (χ0n) is 11.1. The summed E-state index contributed by atoms with van der Waals surface area (Å²) in [6.45, 7) is 0. The molecule has 1 N–H and O–H groups in total. The quantitative estimate of drug-likeness (QED) is 0.922. The van der Waals surface area contributed by atoms with Crippen LogP contribution in [0.15, 0.2) is 28.7 Å². The maximum atomic E-state index is 9.65. The Bertz CT molecular complexity index is 386. The molecular formula is C15H22BrNO. The van der Waals surface area contributed by atoms with E-state index in [4.69, 9.17) is 0 Å². The van der Waals surface area contributed by atoms with Crippen molar-refractivity contribution in [2.45, 2.75) is 37.8 Å². The van der Waals surface area contributed by atoms with E-state index in [1.807, 2.05) is 0 Å². The number of benzene rings is 1. The van der Waals surface area contributed by atoms with E-state index in [2.05, 4.69) is 59.2 Å². The molecule has 0 spiro atoms. The van der Waals surface area contributed by atoms with Crippen LogP contribution in [-0.4, -0.2) is 30.2 Å². The van der Waals surface area contributed by atoms with E-state index in [1.54, 1.807) is 0 Å². The smallest absolute Gasteiger partial charge is 0.0540 e. The van der Waals surface area contributed by atoms with Gasteiger partial charge in [-0.05, 0) is 57.3 Å². The standard InChI is InChI=1S/C15H22BrNO/c1-17(2)15(11-7-9-12(18)10-8-11)13-5-3-4-6-14(13)16/h3-6,11-12,15,18H,7-10H2,1-2H3. The van der Waals surface area contributed by atoms with Crippen molar-refractivity contribution >= 4 is 15.9 Å². The van der Waals surface area contributed by atoms with Gasteiger partial charge in [-0.2, -0.15) is 0 Å². The number of hydrogen-bond acceptors (Lipinski definition) is 2. The van der Waals surface area contributed by atoms with Crippen molar-refractivity contribution in [1.82, 2.24) is 4.90 Å². The molecule has 1 saturated carbocycles. The molecule has 100 valence electrons. The molecule has 0 saturated heterocycles. The highest BCUT2D eigenvalue weighted by Crippen LogP contribution is 2.39. The molecule has 2 rings (SSSR count). The third-order valence-corrected chi connectivity index (χ3v) is 4.69. The highest BCUT2D eigenvalue weighted by atomic mass is 79.9. The molecular weight excluding hydrogens is 290 g/mol. The fourth-order valence-corrected chi connectivity index (χ4v) is 3.61. The summed E-state index contributed by atoms with van der Waals surface area (Å²) in [6, 6.07) is 8.93. The van der Waals surface area contributed by atoms with Gasteiger partial charge in [0, 0.05) is 10.5 Å². The lowest BCUT2D eigenvalue weighted by Crippen LogP contribution is -2.31. The van der Waals surface area contributed by atoms with Crippen LogP contribution in [0, 0.1) is 5.92 Å². The fraction of sp³-hybridized carbons (Fsp3) is 0.600. The van der Waals surface area contributed by atoms with Crippen LogP contribution in [0.25, 0.3) is 0 Å². The Hall–Kier alpha value is -0.380. The van der Waals surface area contributed by atoms with Gasteiger partial charge in [-0.15, -0.1) is 0 Å². The Morgan fingerprint density at radius 3 is 2.33 bits per heavy atom. The highest BCUT2D eigenvalue weighted by Gasteiger charge is 2.30. The SMILES string of the molecule is CN(C)C(c1ccccc1Br)C1CCC(O)CC1. The van der Waals surface area contributed by atoms with Crippen LogP contribution in [0.5, 0.6) is 0 Å². The van der Waals surface area contributed by atoms with E-state index >= 15 is 0 Å². The molecule has 3 heteroatoms. The predicted octanol–water partition coefficient (Wildman–Crippen LogP) is 3.60. The molecule has 1 aliphatic rings. The van der Waals surface area contributed by atoms with Crippen LogP contribution < -0.4 is 0 Å². The zero-order chi connectivity index (χ0) is 13.1. The normalized spacial score (nSPS) is 26.3. The molecule has 1 unspecified atom stereocenters. The van der Waals surface area contributed by atoms with E-state index in [1.165, 1.54) is 10.0 Å². The van der Waals surface area contributed by atoms with Gasteiger partial charge in [0.1, 0.15) is 0 Å². The first-order chi connectivity index (χ1) is 8.59. The second kappa shape index (κ2) is 6.18. The number of aliphatic hydroxyl groups excluding tert-OH is 1. The average Bonchev–Trinajstić information content (AvgIpc) is 2.34. The summed E-state index contributed by atoms with van der Waals surface area (Å²) < 4.78 is 1.19. The van der Waals surface area contributed by atoms with Crippen molar-refractivity contribution in [3.05, 3.63) is 34.3 Å². The van der Waals surface area contributed by atoms with Crippen molar-refractivity contribution in [2.24, 2.45) is 5.92 Å². The molecule has 1 aliphatic carbocycles. The van der Waals surface area contributed by atoms with Gasteiger partial charge in [0.2, 0.25) is 0 Å². The van der Waals surface area contributed by atoms with Crippen LogP contribution >= 0.6 is 15.9 Å². The summed E-state index contributed by atoms with van der Waals surface area (Å²) in [6.07, 6.45) is 4.04. The van der Waals surface area contributed by atoms with Crippen molar-refractivity contribution in [2.75, 3.05) is 14.1 Å². The maximum absolute atomic E-state index is 9.65. The van der Waals surface area contributed by atoms with Gasteiger partial charge < -0.3 is 10.0 Å². The molecule has 0 bridgehead atoms. The number of nitrogens with zero attached hydrogens (tertiary/aromatic N) is 1. The number of halogens is 1. The summed E-state index contributed by atoms with van der Waals surface area (Å²) >= 11 is 3.67. The summed E-state index contributed by atoms with van der Waals surface area (Å²) in [5.41, 5.74) is 1.36. The Labute approximate surface area is 118 Å². The molecule has 0 amide bonds. The predicted molar refractivity (Wildman–Crippen MR) is 78.5 cm³/mol. The Kier molecular flexibility index (Phi) is 4.82. The topological polar surface area (TPSA) is 23.5 Å². The largest absolute Gasteiger partial charge is 0.393 e. The summed E-state index contributed by atoms with van der Waals surface area (Å²) in [4.78, 5) is 2.31. The second-order valence-electron chi connectivity index (χ2n) is 5.50. The van der Waals surface area contributed by atoms with Crippen molar-refractivity contribution in [1.29, 1.82) is 0 Å². The van der Waals surface area contributed by atoms with Crippen LogP contribution in [-0.2, 0) is 0 Å². The van der Waals surface area contributed by atoms with E-state index in [9.17, 15) is 5.11 Å². The number of rotatable bonds is 3. The molecule has 1 aromatic carbocycles. The lowest BCUT2D eigenvalue weighted by Gasteiger charge is -2.37. The molecule has 0 radical (unpaired) electrons. The number of hydrogen-bond donors (Lipinski definition) is 1. The Balaban J connectivity index is 2.21. The van der Waals surface area contributed by atoms with E-state index in [0.29, 0.717) is 12.0 Å². The molecule has 0 aliphatic heterocycles. The van der Waals surface area contributed by atoms with Crippen LogP contribution in [0.1, 0.15) is 37.3 Å². The lowest BCUT2D eigenvalue weighted by atomic mass is 9.79. The van der Waals surface area contributed by atoms with Gasteiger partial charge >= 0.3 is 0 Å². The third kappa shape index (κ3) is 3.14. The summed E-state index contributed by atoms with van der Waals surface area (Å²) in [5, 5.41) is 9.65. The van der Waals surface area contributed by atoms with Gasteiger partial charge in [-0.3, -0.25) is 0 Å².